The molecule has 0 aromatic carbocycles. The molecule has 1 rings (SSSR count). The summed E-state index contributed by atoms with van der Waals surface area (Å²) in [6.45, 7) is 1.66. The van der Waals surface area contributed by atoms with Crippen molar-refractivity contribution in [1.82, 2.24) is 15.6 Å². The zero-order chi connectivity index (χ0) is 8.97. The van der Waals surface area contributed by atoms with E-state index < -0.39 is 0 Å². The van der Waals surface area contributed by atoms with Crippen molar-refractivity contribution in [3.05, 3.63) is 11.7 Å². The number of hydrogen-bond acceptors (Lipinski definition) is 5. The van der Waals surface area contributed by atoms with Crippen molar-refractivity contribution in [3.8, 4) is 0 Å². The Bertz CT molecular complexity index is 271. The van der Waals surface area contributed by atoms with Gasteiger partial charge < -0.3 is 4.52 Å². The van der Waals surface area contributed by atoms with E-state index in [9.17, 15) is 4.79 Å². The number of aromatic nitrogens is 2. The highest BCUT2D eigenvalue weighted by molar-refractivity contribution is 5.76. The van der Waals surface area contributed by atoms with Crippen molar-refractivity contribution in [3.63, 3.8) is 0 Å². The highest BCUT2D eigenvalue weighted by atomic mass is 16.6. The Kier molecular flexibility index (Phi) is 2.76. The van der Waals surface area contributed by atoms with Crippen LogP contribution < -0.4 is 5.48 Å². The zero-order valence-corrected chi connectivity index (χ0v) is 6.83. The maximum atomic E-state index is 10.9. The molecule has 0 aliphatic carbocycles. The molecule has 0 saturated carbocycles. The van der Waals surface area contributed by atoms with Crippen molar-refractivity contribution < 1.29 is 14.2 Å². The fourth-order valence-electron chi connectivity index (χ4n) is 0.707. The van der Waals surface area contributed by atoms with E-state index >= 15 is 0 Å². The highest BCUT2D eigenvalue weighted by Gasteiger charge is 2.07. The van der Waals surface area contributed by atoms with Crippen LogP contribution in [0.5, 0.6) is 0 Å². The van der Waals surface area contributed by atoms with E-state index in [0.717, 1.165) is 0 Å². The summed E-state index contributed by atoms with van der Waals surface area (Å²) in [4.78, 5) is 19.1. The summed E-state index contributed by atoms with van der Waals surface area (Å²) in [5, 5.41) is 3.54. The molecule has 1 aromatic heterocycles. The lowest BCUT2D eigenvalue weighted by molar-refractivity contribution is -0.130. The van der Waals surface area contributed by atoms with Gasteiger partial charge in [0.15, 0.2) is 5.82 Å². The predicted molar refractivity (Wildman–Crippen MR) is 37.9 cm³/mol. The molecule has 0 radical (unpaired) electrons. The molecular weight excluding hydrogens is 162 g/mol. The van der Waals surface area contributed by atoms with E-state index in [4.69, 9.17) is 0 Å². The van der Waals surface area contributed by atoms with Gasteiger partial charge in [0.1, 0.15) is 0 Å². The van der Waals surface area contributed by atoms with E-state index in [-0.39, 0.29) is 12.3 Å². The maximum Gasteiger partial charge on any atom is 0.251 e. The summed E-state index contributed by atoms with van der Waals surface area (Å²) in [7, 11) is 1.36. The van der Waals surface area contributed by atoms with E-state index in [1.54, 1.807) is 6.92 Å². The first-order valence-corrected chi connectivity index (χ1v) is 3.33. The third-order valence-corrected chi connectivity index (χ3v) is 1.10. The SMILES string of the molecule is CONC(=O)Cc1noc(C)n1. The van der Waals surface area contributed by atoms with E-state index in [1.165, 1.54) is 7.11 Å². The molecule has 0 aliphatic rings. The second-order valence-corrected chi connectivity index (χ2v) is 2.14. The van der Waals surface area contributed by atoms with Gasteiger partial charge in [0.2, 0.25) is 5.89 Å². The largest absolute Gasteiger partial charge is 0.340 e. The van der Waals surface area contributed by atoms with Crippen LogP contribution in [0, 0.1) is 6.92 Å². The first kappa shape index (κ1) is 8.66. The van der Waals surface area contributed by atoms with Crippen LogP contribution in [-0.4, -0.2) is 23.2 Å². The average Bonchev–Trinajstić information content (AvgIpc) is 2.36. The van der Waals surface area contributed by atoms with E-state index in [1.807, 2.05) is 0 Å². The third-order valence-electron chi connectivity index (χ3n) is 1.10. The minimum Gasteiger partial charge on any atom is -0.340 e. The fraction of sp³-hybridized carbons (Fsp3) is 0.500. The molecule has 1 amide bonds. The Morgan fingerprint density at radius 2 is 2.50 bits per heavy atom. The van der Waals surface area contributed by atoms with Crippen molar-refractivity contribution in [2.45, 2.75) is 13.3 Å². The number of carbonyl (C=O) groups excluding carboxylic acids is 1. The lowest BCUT2D eigenvalue weighted by atomic mass is 10.4. The Morgan fingerprint density at radius 1 is 1.75 bits per heavy atom. The normalized spacial score (nSPS) is 9.83. The fourth-order valence-corrected chi connectivity index (χ4v) is 0.707. The number of carbonyl (C=O) groups is 1. The minimum absolute atomic E-state index is 0.0607. The number of nitrogens with zero attached hydrogens (tertiary/aromatic N) is 2. The van der Waals surface area contributed by atoms with E-state index in [2.05, 4.69) is 25.0 Å². The number of hydrogen-bond donors (Lipinski definition) is 1. The lowest BCUT2D eigenvalue weighted by Gasteiger charge is -1.96. The molecule has 0 atom stereocenters. The summed E-state index contributed by atoms with van der Waals surface area (Å²) >= 11 is 0. The molecule has 0 unspecified atom stereocenters. The molecule has 1 aromatic rings. The van der Waals surface area contributed by atoms with Gasteiger partial charge in [-0.3, -0.25) is 9.63 Å². The quantitative estimate of drug-likeness (QED) is 0.626. The van der Waals surface area contributed by atoms with Gasteiger partial charge in [0, 0.05) is 6.92 Å². The van der Waals surface area contributed by atoms with Crippen LogP contribution in [0.1, 0.15) is 11.7 Å². The van der Waals surface area contributed by atoms with Crippen molar-refractivity contribution in [2.75, 3.05) is 7.11 Å². The zero-order valence-electron chi connectivity index (χ0n) is 6.83. The van der Waals surface area contributed by atoms with Crippen LogP contribution in [0.2, 0.25) is 0 Å². The van der Waals surface area contributed by atoms with Crippen LogP contribution in [0.4, 0.5) is 0 Å². The average molecular weight is 171 g/mol. The number of aryl methyl sites for hydroxylation is 1. The van der Waals surface area contributed by atoms with Crippen molar-refractivity contribution >= 4 is 5.91 Å². The molecule has 1 N–H and O–H groups in total. The molecule has 0 bridgehead atoms. The van der Waals surface area contributed by atoms with Crippen LogP contribution >= 0.6 is 0 Å². The Morgan fingerprint density at radius 3 is 3.00 bits per heavy atom. The first-order chi connectivity index (χ1) is 5.72. The van der Waals surface area contributed by atoms with Gasteiger partial charge in [-0.2, -0.15) is 4.98 Å². The summed E-state index contributed by atoms with van der Waals surface area (Å²) in [5.41, 5.74) is 2.14. The van der Waals surface area contributed by atoms with Gasteiger partial charge in [-0.05, 0) is 0 Å². The van der Waals surface area contributed by atoms with Crippen molar-refractivity contribution in [1.29, 1.82) is 0 Å². The second kappa shape index (κ2) is 3.82. The van der Waals surface area contributed by atoms with Gasteiger partial charge in [0.05, 0.1) is 13.5 Å². The molecule has 0 fully saturated rings. The molecule has 0 aliphatic heterocycles. The smallest absolute Gasteiger partial charge is 0.251 e. The minimum atomic E-state index is -0.307. The highest BCUT2D eigenvalue weighted by Crippen LogP contribution is 1.95. The van der Waals surface area contributed by atoms with Gasteiger partial charge in [-0.25, -0.2) is 5.48 Å². The van der Waals surface area contributed by atoms with Crippen LogP contribution in [-0.2, 0) is 16.1 Å². The molecule has 12 heavy (non-hydrogen) atoms. The molecule has 66 valence electrons. The van der Waals surface area contributed by atoms with Crippen LogP contribution in [0.3, 0.4) is 0 Å². The molecule has 1 heterocycles. The maximum absolute atomic E-state index is 10.9. The van der Waals surface area contributed by atoms with Crippen LogP contribution in [0.25, 0.3) is 0 Å². The number of nitrogens with one attached hydrogen (secondary N) is 1. The van der Waals surface area contributed by atoms with Gasteiger partial charge >= 0.3 is 0 Å². The molecular formula is C6H9N3O3. The molecule has 6 heteroatoms. The van der Waals surface area contributed by atoms with Gasteiger partial charge in [-0.1, -0.05) is 5.16 Å². The Labute approximate surface area is 68.9 Å². The summed E-state index contributed by atoms with van der Waals surface area (Å²) in [6.07, 6.45) is 0.0607. The lowest BCUT2D eigenvalue weighted by Crippen LogP contribution is -2.24. The third kappa shape index (κ3) is 2.31. The van der Waals surface area contributed by atoms with Crippen molar-refractivity contribution in [2.24, 2.45) is 0 Å². The summed E-state index contributed by atoms with van der Waals surface area (Å²) in [6, 6.07) is 0. The Hall–Kier alpha value is -1.43. The van der Waals surface area contributed by atoms with Gasteiger partial charge in [0.25, 0.3) is 5.91 Å². The molecule has 6 nitrogen and oxygen atoms in total. The topological polar surface area (TPSA) is 77.2 Å². The number of rotatable bonds is 3. The standard InChI is InChI=1S/C6H9N3O3/c1-4-7-5(8-12-4)3-6(10)9-11-2/h3H2,1-2H3,(H,9,10). The number of amides is 1. The second-order valence-electron chi connectivity index (χ2n) is 2.14. The molecule has 0 spiro atoms. The summed E-state index contributed by atoms with van der Waals surface area (Å²) < 4.78 is 4.66. The first-order valence-electron chi connectivity index (χ1n) is 3.33. The molecule has 0 saturated heterocycles. The Balaban J connectivity index is 2.46. The monoisotopic (exact) mass is 171 g/mol. The van der Waals surface area contributed by atoms with Crippen LogP contribution in [0.15, 0.2) is 4.52 Å². The summed E-state index contributed by atoms with van der Waals surface area (Å²) in [5.74, 6) is 0.482. The number of hydroxylamine groups is 1. The van der Waals surface area contributed by atoms with E-state index in [0.29, 0.717) is 11.7 Å². The predicted octanol–water partition coefficient (Wildman–Crippen LogP) is -0.402. The van der Waals surface area contributed by atoms with Gasteiger partial charge in [-0.15, -0.1) is 0 Å².